The van der Waals surface area contributed by atoms with E-state index in [2.05, 4.69) is 0 Å². The lowest BCUT2D eigenvalue weighted by atomic mass is 10.1. The van der Waals surface area contributed by atoms with Crippen molar-refractivity contribution in [3.8, 4) is 5.69 Å². The fourth-order valence-electron chi connectivity index (χ4n) is 2.63. The van der Waals surface area contributed by atoms with Crippen LogP contribution in [0.1, 0.15) is 19.4 Å². The van der Waals surface area contributed by atoms with E-state index in [9.17, 15) is 0 Å². The molecule has 0 N–H and O–H groups in total. The van der Waals surface area contributed by atoms with Crippen LogP contribution in [0.3, 0.4) is 0 Å². The standard InChI is InChI=1S/C20H17N/c1-14-8-10-19-17(12-14)18-13-15(2)9-11-20(18)21(19)16-6-4-3-5-7-16/h3-13H,1-2H3/i8D,9D,10D,11D,12D,13D. The SMILES string of the molecule is [2H]c1c(C)c([2H])c2c3c([2H])c(C)c([2H])c([2H])c3n(-c3ccccc3)c2c1[2H]. The zero-order chi connectivity index (χ0) is 19.6. The van der Waals surface area contributed by atoms with Crippen LogP contribution in [0.25, 0.3) is 27.5 Å². The molecule has 0 unspecified atom stereocenters. The number of hydrogen-bond acceptors (Lipinski definition) is 0. The lowest BCUT2D eigenvalue weighted by Gasteiger charge is -2.07. The van der Waals surface area contributed by atoms with Crippen LogP contribution in [0.2, 0.25) is 0 Å². The van der Waals surface area contributed by atoms with Crippen molar-refractivity contribution >= 4 is 21.8 Å². The van der Waals surface area contributed by atoms with Gasteiger partial charge in [0.2, 0.25) is 0 Å². The second kappa shape index (κ2) is 4.49. The lowest BCUT2D eigenvalue weighted by molar-refractivity contribution is 1.18. The molecule has 1 heterocycles. The maximum absolute atomic E-state index is 8.57. The smallest absolute Gasteiger partial charge is 0.0645 e. The second-order valence-corrected chi connectivity index (χ2v) is 5.12. The molecule has 0 radical (unpaired) electrons. The fraction of sp³-hybridized carbons (Fsp3) is 0.100. The van der Waals surface area contributed by atoms with Crippen LogP contribution < -0.4 is 0 Å². The van der Waals surface area contributed by atoms with E-state index in [0.29, 0.717) is 38.6 Å². The van der Waals surface area contributed by atoms with Gasteiger partial charge in [0, 0.05) is 16.5 Å². The Balaban J connectivity index is 2.45. The molecule has 0 bridgehead atoms. The summed E-state index contributed by atoms with van der Waals surface area (Å²) in [6.07, 6.45) is 0. The summed E-state index contributed by atoms with van der Waals surface area (Å²) in [5.41, 5.74) is 2.09. The van der Waals surface area contributed by atoms with Gasteiger partial charge in [-0.05, 0) is 50.1 Å². The molecule has 0 spiro atoms. The van der Waals surface area contributed by atoms with E-state index in [4.69, 9.17) is 8.22 Å². The Morgan fingerprint density at radius 3 is 1.81 bits per heavy atom. The molecule has 0 aliphatic rings. The summed E-state index contributed by atoms with van der Waals surface area (Å²) in [6, 6.07) is 9.18. The zero-order valence-corrected chi connectivity index (χ0v) is 11.8. The Hall–Kier alpha value is -2.54. The maximum Gasteiger partial charge on any atom is 0.0645 e. The number of aromatic nitrogens is 1. The summed E-state index contributed by atoms with van der Waals surface area (Å²) < 4.78 is 52.3. The molecule has 0 atom stereocenters. The lowest BCUT2D eigenvalue weighted by Crippen LogP contribution is -1.92. The summed E-state index contributed by atoms with van der Waals surface area (Å²) in [5, 5.41) is 0.794. The third-order valence-corrected chi connectivity index (χ3v) is 3.55. The Bertz CT molecular complexity index is 1160. The largest absolute Gasteiger partial charge is 0.309 e. The van der Waals surface area contributed by atoms with Crippen LogP contribution >= 0.6 is 0 Å². The molecular formula is C20H17N. The molecule has 1 nitrogen and oxygen atoms in total. The fourth-order valence-corrected chi connectivity index (χ4v) is 2.63. The van der Waals surface area contributed by atoms with Crippen molar-refractivity contribution in [2.45, 2.75) is 13.8 Å². The molecular weight excluding hydrogens is 254 g/mol. The normalized spacial score (nSPS) is 15.3. The van der Waals surface area contributed by atoms with Crippen LogP contribution in [-0.2, 0) is 0 Å². The van der Waals surface area contributed by atoms with Gasteiger partial charge < -0.3 is 4.57 Å². The van der Waals surface area contributed by atoms with Crippen LogP contribution in [0.15, 0.2) is 66.6 Å². The minimum atomic E-state index is -0.0402. The number of hydrogen-bond donors (Lipinski definition) is 0. The monoisotopic (exact) mass is 277 g/mol. The van der Waals surface area contributed by atoms with E-state index >= 15 is 0 Å². The van der Waals surface area contributed by atoms with Gasteiger partial charge in [-0.25, -0.2) is 0 Å². The van der Waals surface area contributed by atoms with Gasteiger partial charge in [-0.1, -0.05) is 41.4 Å². The molecule has 1 aromatic heterocycles. The third kappa shape index (κ3) is 1.85. The van der Waals surface area contributed by atoms with E-state index < -0.39 is 0 Å². The summed E-state index contributed by atoms with van der Waals surface area (Å²) in [5.74, 6) is 0. The molecule has 4 rings (SSSR count). The first-order valence-electron chi connectivity index (χ1n) is 9.83. The van der Waals surface area contributed by atoms with Crippen molar-refractivity contribution in [2.24, 2.45) is 0 Å². The highest BCUT2D eigenvalue weighted by molar-refractivity contribution is 6.09. The van der Waals surface area contributed by atoms with Gasteiger partial charge in [0.15, 0.2) is 0 Å². The Morgan fingerprint density at radius 1 is 0.762 bits per heavy atom. The van der Waals surface area contributed by atoms with E-state index in [-0.39, 0.29) is 36.3 Å². The molecule has 3 aromatic carbocycles. The van der Waals surface area contributed by atoms with Crippen molar-refractivity contribution in [3.63, 3.8) is 0 Å². The highest BCUT2D eigenvalue weighted by atomic mass is 15.0. The number of para-hydroxylation sites is 1. The zero-order valence-electron chi connectivity index (χ0n) is 17.8. The molecule has 102 valence electrons. The van der Waals surface area contributed by atoms with Crippen molar-refractivity contribution in [1.29, 1.82) is 0 Å². The van der Waals surface area contributed by atoms with Crippen LogP contribution in [0.4, 0.5) is 0 Å². The minimum absolute atomic E-state index is 0.0339. The topological polar surface area (TPSA) is 4.93 Å². The molecule has 0 aliphatic carbocycles. The predicted octanol–water partition coefficient (Wildman–Crippen LogP) is 5.40. The number of rotatable bonds is 1. The molecule has 21 heavy (non-hydrogen) atoms. The Kier molecular flexibility index (Phi) is 1.60. The summed E-state index contributed by atoms with van der Waals surface area (Å²) in [7, 11) is 0. The van der Waals surface area contributed by atoms with Crippen molar-refractivity contribution in [3.05, 3.63) is 77.7 Å². The number of fused-ring (bicyclic) bond motifs is 3. The van der Waals surface area contributed by atoms with Gasteiger partial charge in [-0.3, -0.25) is 0 Å². The molecule has 0 aliphatic heterocycles. The van der Waals surface area contributed by atoms with Crippen molar-refractivity contribution in [1.82, 2.24) is 4.57 Å². The molecule has 0 fully saturated rings. The number of nitrogens with zero attached hydrogens (tertiary/aromatic N) is 1. The van der Waals surface area contributed by atoms with Gasteiger partial charge >= 0.3 is 0 Å². The van der Waals surface area contributed by atoms with E-state index in [1.807, 2.05) is 30.3 Å². The van der Waals surface area contributed by atoms with Crippen LogP contribution in [-0.4, -0.2) is 4.57 Å². The van der Waals surface area contributed by atoms with Gasteiger partial charge in [-0.2, -0.15) is 0 Å². The van der Waals surface area contributed by atoms with Gasteiger partial charge in [0.05, 0.1) is 19.3 Å². The maximum atomic E-state index is 8.57. The quantitative estimate of drug-likeness (QED) is 0.439. The summed E-state index contributed by atoms with van der Waals surface area (Å²) in [6.45, 7) is 3.26. The van der Waals surface area contributed by atoms with E-state index in [0.717, 1.165) is 0 Å². The first kappa shape index (κ1) is 7.46. The van der Waals surface area contributed by atoms with E-state index in [1.165, 1.54) is 0 Å². The van der Waals surface area contributed by atoms with Crippen molar-refractivity contribution < 1.29 is 8.22 Å². The molecule has 0 saturated heterocycles. The highest BCUT2D eigenvalue weighted by Crippen LogP contribution is 2.32. The molecule has 4 aromatic rings. The molecule has 0 saturated carbocycles. The average Bonchev–Trinajstić information content (AvgIpc) is 3.04. The first-order chi connectivity index (χ1) is 12.8. The first-order valence-corrected chi connectivity index (χ1v) is 6.83. The highest BCUT2D eigenvalue weighted by Gasteiger charge is 2.11. The summed E-state index contributed by atoms with van der Waals surface area (Å²) in [4.78, 5) is 0. The van der Waals surface area contributed by atoms with Gasteiger partial charge in [0.25, 0.3) is 0 Å². The van der Waals surface area contributed by atoms with E-state index in [1.54, 1.807) is 18.4 Å². The average molecular weight is 277 g/mol. The Morgan fingerprint density at radius 2 is 1.29 bits per heavy atom. The Labute approximate surface area is 132 Å². The number of benzene rings is 3. The van der Waals surface area contributed by atoms with Crippen molar-refractivity contribution in [2.75, 3.05) is 0 Å². The molecule has 1 heteroatoms. The third-order valence-electron chi connectivity index (χ3n) is 3.55. The van der Waals surface area contributed by atoms with Gasteiger partial charge in [-0.15, -0.1) is 0 Å². The van der Waals surface area contributed by atoms with Crippen LogP contribution in [0.5, 0.6) is 0 Å². The predicted molar refractivity (Wildman–Crippen MR) is 90.3 cm³/mol. The van der Waals surface area contributed by atoms with Crippen LogP contribution in [0, 0.1) is 13.8 Å². The minimum Gasteiger partial charge on any atom is -0.309 e. The molecule has 0 amide bonds. The second-order valence-electron chi connectivity index (χ2n) is 5.12. The summed E-state index contributed by atoms with van der Waals surface area (Å²) >= 11 is 0. The van der Waals surface area contributed by atoms with Gasteiger partial charge in [0.1, 0.15) is 0 Å².